The van der Waals surface area contributed by atoms with E-state index in [0.717, 1.165) is 32.1 Å². The van der Waals surface area contributed by atoms with Gasteiger partial charge in [0, 0.05) is 18.8 Å². The second-order valence-electron chi connectivity index (χ2n) is 7.82. The Morgan fingerprint density at radius 2 is 1.75 bits per heavy atom. The summed E-state index contributed by atoms with van der Waals surface area (Å²) in [7, 11) is 0. The fourth-order valence-electron chi connectivity index (χ4n) is 5.47. The number of carbonyl (C=O) groups is 1. The molecule has 1 saturated heterocycles. The molecule has 1 heterocycles. The van der Waals surface area contributed by atoms with Crippen LogP contribution in [-0.2, 0) is 23.7 Å². The third kappa shape index (κ3) is 2.65. The van der Waals surface area contributed by atoms with Crippen LogP contribution in [0.4, 0.5) is 8.78 Å². The molecule has 0 N–H and O–H groups in total. The third-order valence-electron chi connectivity index (χ3n) is 6.09. The van der Waals surface area contributed by atoms with Crippen molar-refractivity contribution in [2.75, 3.05) is 26.4 Å². The molecule has 5 fully saturated rings. The summed E-state index contributed by atoms with van der Waals surface area (Å²) in [6.07, 6.45) is 4.96. The molecule has 2 atom stereocenters. The van der Waals surface area contributed by atoms with E-state index in [4.69, 9.17) is 14.2 Å². The molecule has 24 heavy (non-hydrogen) atoms. The first kappa shape index (κ1) is 16.7. The highest BCUT2D eigenvalue weighted by atomic mass is 19.3. The molecule has 0 radical (unpaired) electrons. The molecule has 0 aromatic rings. The van der Waals surface area contributed by atoms with Crippen LogP contribution in [0.1, 0.15) is 39.0 Å². The Bertz CT molecular complexity index is 494. The van der Waals surface area contributed by atoms with Crippen molar-refractivity contribution in [3.05, 3.63) is 0 Å². The molecule has 0 aromatic heterocycles. The first-order valence-corrected chi connectivity index (χ1v) is 8.80. The second kappa shape index (κ2) is 5.61. The van der Waals surface area contributed by atoms with Crippen molar-refractivity contribution in [2.45, 2.75) is 56.3 Å². The Labute approximate surface area is 140 Å². The second-order valence-corrected chi connectivity index (χ2v) is 7.82. The van der Waals surface area contributed by atoms with E-state index in [1.165, 1.54) is 0 Å². The molecule has 2 unspecified atom stereocenters. The third-order valence-corrected chi connectivity index (χ3v) is 6.09. The maximum Gasteiger partial charge on any atom is 0.376 e. The van der Waals surface area contributed by atoms with Gasteiger partial charge in [-0.2, -0.15) is 8.78 Å². The van der Waals surface area contributed by atoms with Crippen LogP contribution < -0.4 is 0 Å². The molecule has 1 spiro atoms. The van der Waals surface area contributed by atoms with Crippen molar-refractivity contribution in [2.24, 2.45) is 17.8 Å². The molecular weight excluding hydrogens is 322 g/mol. The zero-order valence-electron chi connectivity index (χ0n) is 13.9. The molecule has 0 amide bonds. The fraction of sp³-hybridized carbons (Fsp3) is 0.941. The summed E-state index contributed by atoms with van der Waals surface area (Å²) in [4.78, 5) is 11.1. The SMILES string of the molecule is CC(F)(F)C(=O)OCCOC12CC3CC(C1)C1(OCCO1)C(C3)C2. The predicted molar refractivity (Wildman–Crippen MR) is 78.5 cm³/mol. The largest absolute Gasteiger partial charge is 0.459 e. The molecule has 5 rings (SSSR count). The lowest BCUT2D eigenvalue weighted by Crippen LogP contribution is -2.64. The lowest BCUT2D eigenvalue weighted by atomic mass is 9.51. The average molecular weight is 346 g/mol. The Hall–Kier alpha value is -0.790. The molecule has 7 heteroatoms. The number of ether oxygens (including phenoxy) is 4. The Balaban J connectivity index is 1.35. The molecule has 4 bridgehead atoms. The molecule has 5 nitrogen and oxygen atoms in total. The topological polar surface area (TPSA) is 54.0 Å². The first-order chi connectivity index (χ1) is 11.3. The minimum Gasteiger partial charge on any atom is -0.459 e. The van der Waals surface area contributed by atoms with E-state index >= 15 is 0 Å². The minimum absolute atomic E-state index is 0.137. The number of alkyl halides is 2. The van der Waals surface area contributed by atoms with Gasteiger partial charge >= 0.3 is 11.9 Å². The smallest absolute Gasteiger partial charge is 0.376 e. The number of carbonyl (C=O) groups excluding carboxylic acids is 1. The maximum atomic E-state index is 12.8. The van der Waals surface area contributed by atoms with Gasteiger partial charge in [0.05, 0.1) is 25.4 Å². The molecule has 4 saturated carbocycles. The van der Waals surface area contributed by atoms with Crippen LogP contribution in [0.15, 0.2) is 0 Å². The van der Waals surface area contributed by atoms with Crippen LogP contribution in [0, 0.1) is 17.8 Å². The van der Waals surface area contributed by atoms with Gasteiger partial charge in [-0.3, -0.25) is 0 Å². The molecular formula is C17H24F2O5. The van der Waals surface area contributed by atoms with Crippen LogP contribution in [0.2, 0.25) is 0 Å². The van der Waals surface area contributed by atoms with E-state index in [0.29, 0.717) is 37.9 Å². The van der Waals surface area contributed by atoms with Crippen molar-refractivity contribution in [3.8, 4) is 0 Å². The quantitative estimate of drug-likeness (QED) is 0.566. The number of hydrogen-bond donors (Lipinski definition) is 0. The van der Waals surface area contributed by atoms with Crippen LogP contribution in [-0.4, -0.2) is 49.7 Å². The van der Waals surface area contributed by atoms with E-state index < -0.39 is 17.7 Å². The Morgan fingerprint density at radius 1 is 1.12 bits per heavy atom. The highest BCUT2D eigenvalue weighted by molar-refractivity contribution is 5.76. The van der Waals surface area contributed by atoms with E-state index in [1.807, 2.05) is 0 Å². The molecule has 4 aliphatic carbocycles. The van der Waals surface area contributed by atoms with Crippen LogP contribution in [0.25, 0.3) is 0 Å². The standard InChI is InChI=1S/C17H24F2O5/c1-15(18,19)14(20)21-2-3-22-16-8-11-6-12(9-16)17(13(7-11)10-16)23-4-5-24-17/h11-13H,2-10H2,1H3. The average Bonchev–Trinajstić information content (AvgIpc) is 2.98. The molecule has 1 aliphatic heterocycles. The lowest BCUT2D eigenvalue weighted by molar-refractivity contribution is -0.319. The van der Waals surface area contributed by atoms with Gasteiger partial charge < -0.3 is 18.9 Å². The van der Waals surface area contributed by atoms with Gasteiger partial charge in [0.25, 0.3) is 0 Å². The van der Waals surface area contributed by atoms with E-state index in [1.54, 1.807) is 0 Å². The minimum atomic E-state index is -3.45. The highest BCUT2D eigenvalue weighted by Gasteiger charge is 2.65. The van der Waals surface area contributed by atoms with Crippen LogP contribution >= 0.6 is 0 Å². The fourth-order valence-corrected chi connectivity index (χ4v) is 5.47. The van der Waals surface area contributed by atoms with Crippen molar-refractivity contribution in [3.63, 3.8) is 0 Å². The van der Waals surface area contributed by atoms with Crippen molar-refractivity contribution >= 4 is 5.97 Å². The number of halogens is 2. The summed E-state index contributed by atoms with van der Waals surface area (Å²) in [5.41, 5.74) is -0.238. The summed E-state index contributed by atoms with van der Waals surface area (Å²) >= 11 is 0. The highest BCUT2D eigenvalue weighted by Crippen LogP contribution is 2.63. The van der Waals surface area contributed by atoms with Gasteiger partial charge in [0.2, 0.25) is 0 Å². The Kier molecular flexibility index (Phi) is 3.89. The van der Waals surface area contributed by atoms with Gasteiger partial charge in [0.15, 0.2) is 5.79 Å². The summed E-state index contributed by atoms with van der Waals surface area (Å²) in [6.45, 7) is 1.88. The number of rotatable bonds is 5. The molecule has 0 aromatic carbocycles. The Morgan fingerprint density at radius 3 is 2.33 bits per heavy atom. The number of hydrogen-bond acceptors (Lipinski definition) is 5. The van der Waals surface area contributed by atoms with Crippen molar-refractivity contribution in [1.29, 1.82) is 0 Å². The van der Waals surface area contributed by atoms with Gasteiger partial charge in [-0.05, 0) is 38.0 Å². The van der Waals surface area contributed by atoms with Crippen LogP contribution in [0.5, 0.6) is 0 Å². The monoisotopic (exact) mass is 346 g/mol. The van der Waals surface area contributed by atoms with E-state index in [9.17, 15) is 13.6 Å². The maximum absolute atomic E-state index is 12.8. The van der Waals surface area contributed by atoms with E-state index in [-0.39, 0.29) is 18.8 Å². The van der Waals surface area contributed by atoms with Crippen molar-refractivity contribution < 1.29 is 32.5 Å². The first-order valence-electron chi connectivity index (χ1n) is 8.80. The summed E-state index contributed by atoms with van der Waals surface area (Å²) in [5.74, 6) is -4.07. The summed E-state index contributed by atoms with van der Waals surface area (Å²) < 4.78 is 48.3. The summed E-state index contributed by atoms with van der Waals surface area (Å²) in [5, 5.41) is 0. The van der Waals surface area contributed by atoms with Gasteiger partial charge in [-0.25, -0.2) is 4.79 Å². The zero-order chi connectivity index (χ0) is 17.0. The normalized spacial score (nSPS) is 39.5. The summed E-state index contributed by atoms with van der Waals surface area (Å²) in [6, 6.07) is 0. The number of esters is 1. The van der Waals surface area contributed by atoms with Gasteiger partial charge in [-0.1, -0.05) is 0 Å². The van der Waals surface area contributed by atoms with Crippen LogP contribution in [0.3, 0.4) is 0 Å². The predicted octanol–water partition coefficient (Wildman–Crippen LogP) is 2.52. The molecule has 5 aliphatic rings. The molecule has 136 valence electrons. The van der Waals surface area contributed by atoms with Crippen molar-refractivity contribution in [1.82, 2.24) is 0 Å². The zero-order valence-corrected chi connectivity index (χ0v) is 13.9. The van der Waals surface area contributed by atoms with Gasteiger partial charge in [0.1, 0.15) is 6.61 Å². The van der Waals surface area contributed by atoms with E-state index in [2.05, 4.69) is 4.74 Å². The lowest BCUT2D eigenvalue weighted by Gasteiger charge is -2.62. The van der Waals surface area contributed by atoms with Gasteiger partial charge in [-0.15, -0.1) is 0 Å².